The van der Waals surface area contributed by atoms with Gasteiger partial charge in [0.25, 0.3) is 0 Å². The van der Waals surface area contributed by atoms with Crippen molar-refractivity contribution in [1.29, 1.82) is 0 Å². The minimum absolute atomic E-state index is 0.173. The van der Waals surface area contributed by atoms with Crippen LogP contribution in [0.15, 0.2) is 24.3 Å². The van der Waals surface area contributed by atoms with Crippen molar-refractivity contribution in [2.45, 2.75) is 64.4 Å². The van der Waals surface area contributed by atoms with Gasteiger partial charge in [0, 0.05) is 16.9 Å². The number of rotatable bonds is 4. The molecular weight excluding hydrogens is 282 g/mol. The van der Waals surface area contributed by atoms with E-state index in [1.54, 1.807) is 0 Å². The van der Waals surface area contributed by atoms with E-state index in [2.05, 4.69) is 69.4 Å². The highest BCUT2D eigenvalue weighted by Gasteiger charge is 2.44. The molecule has 0 saturated heterocycles. The molecule has 0 saturated carbocycles. The van der Waals surface area contributed by atoms with E-state index < -0.39 is 19.6 Å². The van der Waals surface area contributed by atoms with Crippen LogP contribution in [0.5, 0.6) is 0 Å². The van der Waals surface area contributed by atoms with Gasteiger partial charge in [-0.1, -0.05) is 63.7 Å². The van der Waals surface area contributed by atoms with Crippen LogP contribution in [0.1, 0.15) is 45.7 Å². The zero-order valence-electron chi connectivity index (χ0n) is 14.1. The number of hydrogen-bond donors (Lipinski definition) is 1. The fraction of sp³-hybridized carbons (Fsp3) is 0.625. The molecule has 2 nitrogen and oxygen atoms in total. The lowest BCUT2D eigenvalue weighted by Crippen LogP contribution is -2.58. The molecule has 1 N–H and O–H groups in total. The molecule has 0 aliphatic rings. The lowest BCUT2D eigenvalue weighted by atomic mass is 10.0. The molecule has 0 spiro atoms. The van der Waals surface area contributed by atoms with E-state index in [1.165, 1.54) is 5.56 Å². The molecule has 1 rings (SSSR count). The molecular formula is C16H29NOSSi. The van der Waals surface area contributed by atoms with E-state index in [4.69, 9.17) is 0 Å². The van der Waals surface area contributed by atoms with Gasteiger partial charge in [0.05, 0.1) is 0 Å². The van der Waals surface area contributed by atoms with Gasteiger partial charge in [-0.05, 0) is 25.8 Å². The number of nitrogens with one attached hydrogen (secondary N) is 1. The Morgan fingerprint density at radius 2 is 1.45 bits per heavy atom. The van der Waals surface area contributed by atoms with E-state index in [0.717, 1.165) is 5.56 Å². The third kappa shape index (κ3) is 3.88. The Bertz CT molecular complexity index is 449. The van der Waals surface area contributed by atoms with Gasteiger partial charge in [-0.15, -0.1) is 0 Å². The van der Waals surface area contributed by atoms with Crippen molar-refractivity contribution in [3.63, 3.8) is 0 Å². The van der Waals surface area contributed by atoms with E-state index >= 15 is 0 Å². The average molecular weight is 312 g/mol. The molecule has 1 atom stereocenters. The third-order valence-electron chi connectivity index (χ3n) is 4.43. The van der Waals surface area contributed by atoms with Gasteiger partial charge in [-0.25, -0.2) is 0 Å². The first-order valence-corrected chi connectivity index (χ1v) is 11.3. The number of benzene rings is 1. The summed E-state index contributed by atoms with van der Waals surface area (Å²) >= 11 is -1.09. The standard InChI is InChI=1S/C16H29NOSSi/c1-13-9-11-14(12-10-13)16(5,6)19(18)17-20(7,8)15(2,3)4/h9-12,17H,1-8H3/t19-/m1/s1. The number of hydrogen-bond acceptors (Lipinski definition) is 2. The largest absolute Gasteiger partial charge is 0.598 e. The monoisotopic (exact) mass is 311 g/mol. The first-order chi connectivity index (χ1) is 8.88. The van der Waals surface area contributed by atoms with Crippen LogP contribution >= 0.6 is 0 Å². The van der Waals surface area contributed by atoms with Gasteiger partial charge in [0.15, 0.2) is 13.0 Å². The quantitative estimate of drug-likeness (QED) is 0.657. The molecule has 0 amide bonds. The first-order valence-electron chi connectivity index (χ1n) is 7.15. The van der Waals surface area contributed by atoms with E-state index in [-0.39, 0.29) is 9.79 Å². The molecule has 0 aliphatic carbocycles. The summed E-state index contributed by atoms with van der Waals surface area (Å²) in [6.45, 7) is 17.3. The van der Waals surface area contributed by atoms with E-state index in [0.29, 0.717) is 0 Å². The van der Waals surface area contributed by atoms with Crippen LogP contribution in [-0.2, 0) is 16.1 Å². The van der Waals surface area contributed by atoms with E-state index in [9.17, 15) is 4.55 Å². The van der Waals surface area contributed by atoms with Crippen molar-refractivity contribution in [1.82, 2.24) is 4.39 Å². The smallest absolute Gasteiger partial charge is 0.183 e. The lowest BCUT2D eigenvalue weighted by molar-refractivity contribution is 0.547. The molecule has 20 heavy (non-hydrogen) atoms. The van der Waals surface area contributed by atoms with Gasteiger partial charge in [0.2, 0.25) is 0 Å². The lowest BCUT2D eigenvalue weighted by Gasteiger charge is -2.40. The Balaban J connectivity index is 2.95. The second-order valence-corrected chi connectivity index (χ2v) is 14.7. The molecule has 0 bridgehead atoms. The summed E-state index contributed by atoms with van der Waals surface area (Å²) in [7, 11) is -1.77. The zero-order valence-corrected chi connectivity index (χ0v) is 15.9. The van der Waals surface area contributed by atoms with Crippen LogP contribution in [0.4, 0.5) is 0 Å². The summed E-state index contributed by atoms with van der Waals surface area (Å²) in [5.41, 5.74) is 2.35. The van der Waals surface area contributed by atoms with Gasteiger partial charge in [-0.2, -0.15) is 4.39 Å². The Morgan fingerprint density at radius 1 is 1.00 bits per heavy atom. The Hall–Kier alpha value is -0.293. The van der Waals surface area contributed by atoms with Crippen LogP contribution in [-0.4, -0.2) is 12.8 Å². The van der Waals surface area contributed by atoms with Crippen LogP contribution < -0.4 is 4.39 Å². The molecule has 0 heterocycles. The predicted octanol–water partition coefficient (Wildman–Crippen LogP) is 4.49. The van der Waals surface area contributed by atoms with Gasteiger partial charge >= 0.3 is 0 Å². The highest BCUT2D eigenvalue weighted by Crippen LogP contribution is 2.37. The SMILES string of the molecule is Cc1ccc(C(C)(C)[S@@+]([O-])N[Si](C)(C)C(C)(C)C)cc1. The molecule has 114 valence electrons. The van der Waals surface area contributed by atoms with Crippen molar-refractivity contribution in [3.8, 4) is 0 Å². The fourth-order valence-electron chi connectivity index (χ4n) is 1.57. The highest BCUT2D eigenvalue weighted by atomic mass is 32.2. The van der Waals surface area contributed by atoms with Crippen LogP contribution in [0.2, 0.25) is 18.1 Å². The molecule has 1 aromatic rings. The maximum absolute atomic E-state index is 12.8. The predicted molar refractivity (Wildman–Crippen MR) is 92.7 cm³/mol. The highest BCUT2D eigenvalue weighted by molar-refractivity contribution is 7.91. The summed E-state index contributed by atoms with van der Waals surface area (Å²) in [6.07, 6.45) is 0. The maximum Gasteiger partial charge on any atom is 0.183 e. The van der Waals surface area contributed by atoms with Crippen LogP contribution in [0, 0.1) is 6.92 Å². The Labute approximate surface area is 128 Å². The average Bonchev–Trinajstić information content (AvgIpc) is 2.27. The molecule has 0 fully saturated rings. The fourth-order valence-corrected chi connectivity index (χ4v) is 6.02. The minimum Gasteiger partial charge on any atom is -0.598 e. The molecule has 0 radical (unpaired) electrons. The van der Waals surface area contributed by atoms with Gasteiger partial charge in [0.1, 0.15) is 0 Å². The van der Waals surface area contributed by atoms with Crippen molar-refractivity contribution in [3.05, 3.63) is 35.4 Å². The Morgan fingerprint density at radius 3 is 1.85 bits per heavy atom. The molecule has 0 aliphatic heterocycles. The van der Waals surface area contributed by atoms with Crippen molar-refractivity contribution in [2.24, 2.45) is 0 Å². The summed E-state index contributed by atoms with van der Waals surface area (Å²) in [5, 5.41) is 0.173. The normalized spacial score (nSPS) is 15.2. The third-order valence-corrected chi connectivity index (χ3v) is 12.1. The van der Waals surface area contributed by atoms with Crippen molar-refractivity contribution < 1.29 is 4.55 Å². The molecule has 1 aromatic carbocycles. The van der Waals surface area contributed by atoms with Crippen LogP contribution in [0.3, 0.4) is 0 Å². The van der Waals surface area contributed by atoms with Crippen LogP contribution in [0.25, 0.3) is 0 Å². The second kappa shape index (κ2) is 5.83. The van der Waals surface area contributed by atoms with Crippen molar-refractivity contribution >= 4 is 19.6 Å². The summed E-state index contributed by atoms with van der Waals surface area (Å²) in [6, 6.07) is 8.34. The topological polar surface area (TPSA) is 35.1 Å². The van der Waals surface area contributed by atoms with Gasteiger partial charge in [-0.3, -0.25) is 0 Å². The molecule has 4 heteroatoms. The number of aryl methyl sites for hydroxylation is 1. The maximum atomic E-state index is 12.8. The summed E-state index contributed by atoms with van der Waals surface area (Å²) in [5.74, 6) is 0. The zero-order chi connectivity index (χ0) is 15.8. The van der Waals surface area contributed by atoms with Gasteiger partial charge < -0.3 is 4.55 Å². The summed E-state index contributed by atoms with van der Waals surface area (Å²) in [4.78, 5) is 0. The van der Waals surface area contributed by atoms with Crippen molar-refractivity contribution in [2.75, 3.05) is 0 Å². The Kier molecular flexibility index (Phi) is 5.18. The second-order valence-electron chi connectivity index (χ2n) is 7.62. The molecule has 0 aromatic heterocycles. The molecule has 0 unspecified atom stereocenters. The van der Waals surface area contributed by atoms with E-state index in [1.807, 2.05) is 13.8 Å². The first kappa shape index (κ1) is 17.8. The summed E-state index contributed by atoms with van der Waals surface area (Å²) < 4.78 is 15.9. The minimum atomic E-state index is -1.77.